The molecule has 6 heteroatoms. The van der Waals surface area contributed by atoms with Crippen molar-refractivity contribution in [1.82, 2.24) is 5.32 Å². The molecule has 2 rings (SSSR count). The molecular formula is C14H18N2O4. The van der Waals surface area contributed by atoms with Crippen LogP contribution in [0.15, 0.2) is 24.3 Å². The molecule has 0 heterocycles. The molecule has 108 valence electrons. The summed E-state index contributed by atoms with van der Waals surface area (Å²) in [7, 11) is 0. The van der Waals surface area contributed by atoms with Crippen LogP contribution < -0.4 is 5.32 Å². The molecule has 1 aromatic carbocycles. The first-order chi connectivity index (χ1) is 9.58. The van der Waals surface area contributed by atoms with Crippen molar-refractivity contribution in [3.8, 4) is 0 Å². The van der Waals surface area contributed by atoms with Gasteiger partial charge in [-0.3, -0.25) is 14.9 Å². The topological polar surface area (TPSA) is 92.5 Å². The first-order valence-electron chi connectivity index (χ1n) is 6.78. The van der Waals surface area contributed by atoms with Gasteiger partial charge in [0.05, 0.1) is 11.0 Å². The number of carbonyl (C=O) groups excluding carboxylic acids is 1. The van der Waals surface area contributed by atoms with E-state index in [1.54, 1.807) is 0 Å². The average molecular weight is 278 g/mol. The third-order valence-corrected chi connectivity index (χ3v) is 3.73. The second-order valence-electron chi connectivity index (χ2n) is 5.13. The van der Waals surface area contributed by atoms with Gasteiger partial charge in [-0.05, 0) is 25.0 Å². The van der Waals surface area contributed by atoms with Gasteiger partial charge in [0, 0.05) is 30.2 Å². The molecule has 1 saturated carbocycles. The summed E-state index contributed by atoms with van der Waals surface area (Å²) in [6.45, 7) is 0.441. The molecule has 0 spiro atoms. The van der Waals surface area contributed by atoms with Gasteiger partial charge in [0.25, 0.3) is 11.6 Å². The third-order valence-electron chi connectivity index (χ3n) is 3.73. The van der Waals surface area contributed by atoms with Gasteiger partial charge in [0.1, 0.15) is 0 Å². The third kappa shape index (κ3) is 3.54. The highest BCUT2D eigenvalue weighted by molar-refractivity contribution is 5.94. The number of nitro groups is 1. The van der Waals surface area contributed by atoms with E-state index >= 15 is 0 Å². The second kappa shape index (κ2) is 6.47. The Morgan fingerprint density at radius 3 is 2.55 bits per heavy atom. The molecule has 1 aliphatic rings. The zero-order valence-electron chi connectivity index (χ0n) is 11.1. The van der Waals surface area contributed by atoms with Gasteiger partial charge in [0.2, 0.25) is 0 Å². The maximum absolute atomic E-state index is 11.9. The van der Waals surface area contributed by atoms with Crippen LogP contribution in [0, 0.1) is 16.0 Å². The predicted octanol–water partition coefficient (Wildman–Crippen LogP) is 1.88. The molecule has 6 nitrogen and oxygen atoms in total. The van der Waals surface area contributed by atoms with E-state index in [-0.39, 0.29) is 23.6 Å². The number of amides is 1. The summed E-state index contributed by atoms with van der Waals surface area (Å²) in [4.78, 5) is 21.9. The molecule has 1 aromatic rings. The Kier molecular flexibility index (Phi) is 4.68. The number of nitrogens with one attached hydrogen (secondary N) is 1. The normalized spacial score (nSPS) is 22.2. The van der Waals surface area contributed by atoms with Gasteiger partial charge >= 0.3 is 0 Å². The highest BCUT2D eigenvalue weighted by Crippen LogP contribution is 2.23. The maximum atomic E-state index is 11.9. The fraction of sp³-hybridized carbons (Fsp3) is 0.500. The van der Waals surface area contributed by atoms with E-state index in [2.05, 4.69) is 5.32 Å². The highest BCUT2D eigenvalue weighted by atomic mass is 16.6. The lowest BCUT2D eigenvalue weighted by atomic mass is 9.86. The van der Waals surface area contributed by atoms with E-state index in [1.165, 1.54) is 24.3 Å². The standard InChI is InChI=1S/C14H18N2O4/c17-13-4-2-1-3-11(13)9-15-14(18)10-5-7-12(8-6-10)16(19)20/h5-8,11,13,17H,1-4,9H2,(H,15,18). The average Bonchev–Trinajstić information content (AvgIpc) is 2.46. The Labute approximate surface area is 117 Å². The van der Waals surface area contributed by atoms with Crippen LogP contribution in [0.25, 0.3) is 0 Å². The zero-order valence-corrected chi connectivity index (χ0v) is 11.1. The minimum atomic E-state index is -0.500. The van der Waals surface area contributed by atoms with Crippen LogP contribution in [-0.2, 0) is 0 Å². The number of carbonyl (C=O) groups is 1. The van der Waals surface area contributed by atoms with Crippen molar-refractivity contribution in [3.63, 3.8) is 0 Å². The summed E-state index contributed by atoms with van der Waals surface area (Å²) in [6.07, 6.45) is 3.48. The van der Waals surface area contributed by atoms with Crippen LogP contribution in [0.2, 0.25) is 0 Å². The number of hydrogen-bond acceptors (Lipinski definition) is 4. The molecule has 0 saturated heterocycles. The molecule has 1 aliphatic carbocycles. The summed E-state index contributed by atoms with van der Waals surface area (Å²) >= 11 is 0. The minimum absolute atomic E-state index is 0.0377. The largest absolute Gasteiger partial charge is 0.393 e. The van der Waals surface area contributed by atoms with Gasteiger partial charge in [-0.25, -0.2) is 0 Å². The first kappa shape index (κ1) is 14.5. The van der Waals surface area contributed by atoms with Crippen molar-refractivity contribution in [1.29, 1.82) is 0 Å². The van der Waals surface area contributed by atoms with Crippen molar-refractivity contribution >= 4 is 11.6 Å². The number of non-ortho nitro benzene ring substituents is 1. The van der Waals surface area contributed by atoms with Crippen LogP contribution in [0.4, 0.5) is 5.69 Å². The van der Waals surface area contributed by atoms with Crippen LogP contribution in [-0.4, -0.2) is 28.6 Å². The minimum Gasteiger partial charge on any atom is -0.393 e. The number of nitro benzene ring substituents is 1. The molecule has 0 aliphatic heterocycles. The number of aliphatic hydroxyl groups is 1. The monoisotopic (exact) mass is 278 g/mol. The maximum Gasteiger partial charge on any atom is 0.269 e. The van der Waals surface area contributed by atoms with Gasteiger partial charge < -0.3 is 10.4 Å². The number of hydrogen-bond donors (Lipinski definition) is 2. The molecule has 20 heavy (non-hydrogen) atoms. The number of rotatable bonds is 4. The van der Waals surface area contributed by atoms with Crippen molar-refractivity contribution in [2.75, 3.05) is 6.54 Å². The Morgan fingerprint density at radius 1 is 1.30 bits per heavy atom. The summed E-state index contributed by atoms with van der Waals surface area (Å²) in [5.74, 6) is -0.164. The van der Waals surface area contributed by atoms with Gasteiger partial charge in [-0.15, -0.1) is 0 Å². The molecule has 1 amide bonds. The quantitative estimate of drug-likeness (QED) is 0.649. The molecule has 0 aromatic heterocycles. The van der Waals surface area contributed by atoms with E-state index in [1.807, 2.05) is 0 Å². The predicted molar refractivity (Wildman–Crippen MR) is 73.4 cm³/mol. The fourth-order valence-corrected chi connectivity index (χ4v) is 2.49. The van der Waals surface area contributed by atoms with Gasteiger partial charge in [-0.1, -0.05) is 12.8 Å². The van der Waals surface area contributed by atoms with Crippen molar-refractivity contribution < 1.29 is 14.8 Å². The molecule has 2 unspecified atom stereocenters. The highest BCUT2D eigenvalue weighted by Gasteiger charge is 2.23. The van der Waals surface area contributed by atoms with Crippen LogP contribution in [0.1, 0.15) is 36.0 Å². The van der Waals surface area contributed by atoms with E-state index in [0.29, 0.717) is 12.1 Å². The SMILES string of the molecule is O=C(NCC1CCCCC1O)c1ccc([N+](=O)[O-])cc1. The fourth-order valence-electron chi connectivity index (χ4n) is 2.49. The Morgan fingerprint density at radius 2 is 1.95 bits per heavy atom. The van der Waals surface area contributed by atoms with E-state index in [0.717, 1.165) is 25.7 Å². The number of benzene rings is 1. The molecule has 0 bridgehead atoms. The molecular weight excluding hydrogens is 260 g/mol. The summed E-state index contributed by atoms with van der Waals surface area (Å²) in [6, 6.07) is 5.49. The van der Waals surface area contributed by atoms with Crippen LogP contribution in [0.5, 0.6) is 0 Å². The molecule has 2 N–H and O–H groups in total. The summed E-state index contributed by atoms with van der Waals surface area (Å²) in [5, 5.41) is 23.1. The zero-order chi connectivity index (χ0) is 14.5. The number of nitrogens with zero attached hydrogens (tertiary/aromatic N) is 1. The molecule has 1 fully saturated rings. The van der Waals surface area contributed by atoms with Crippen LogP contribution in [0.3, 0.4) is 0 Å². The van der Waals surface area contributed by atoms with Crippen molar-refractivity contribution in [2.24, 2.45) is 5.92 Å². The molecule has 0 radical (unpaired) electrons. The Bertz CT molecular complexity index is 486. The lowest BCUT2D eigenvalue weighted by molar-refractivity contribution is -0.384. The lowest BCUT2D eigenvalue weighted by Gasteiger charge is -2.27. The summed E-state index contributed by atoms with van der Waals surface area (Å²) < 4.78 is 0. The lowest BCUT2D eigenvalue weighted by Crippen LogP contribution is -2.36. The van der Waals surface area contributed by atoms with E-state index < -0.39 is 4.92 Å². The number of aliphatic hydroxyl groups excluding tert-OH is 1. The second-order valence-corrected chi connectivity index (χ2v) is 5.13. The van der Waals surface area contributed by atoms with Gasteiger partial charge in [-0.2, -0.15) is 0 Å². The Hall–Kier alpha value is -1.95. The summed E-state index contributed by atoms with van der Waals surface area (Å²) in [5.41, 5.74) is 0.352. The van der Waals surface area contributed by atoms with Crippen LogP contribution >= 0.6 is 0 Å². The van der Waals surface area contributed by atoms with Crippen molar-refractivity contribution in [2.45, 2.75) is 31.8 Å². The van der Waals surface area contributed by atoms with E-state index in [9.17, 15) is 20.0 Å². The van der Waals surface area contributed by atoms with Crippen molar-refractivity contribution in [3.05, 3.63) is 39.9 Å². The first-order valence-corrected chi connectivity index (χ1v) is 6.78. The Balaban J connectivity index is 1.89. The molecule has 2 atom stereocenters. The van der Waals surface area contributed by atoms with E-state index in [4.69, 9.17) is 0 Å². The smallest absolute Gasteiger partial charge is 0.269 e. The van der Waals surface area contributed by atoms with Gasteiger partial charge in [0.15, 0.2) is 0 Å².